The van der Waals surface area contributed by atoms with E-state index in [4.69, 9.17) is 4.74 Å². The molecule has 1 N–H and O–H groups in total. The molecule has 2 aliphatic heterocycles. The van der Waals surface area contributed by atoms with Crippen LogP contribution in [0.25, 0.3) is 0 Å². The lowest BCUT2D eigenvalue weighted by atomic mass is 9.87. The Morgan fingerprint density at radius 3 is 2.59 bits per heavy atom. The van der Waals surface area contributed by atoms with Gasteiger partial charge in [0.2, 0.25) is 0 Å². The zero-order valence-electron chi connectivity index (χ0n) is 14.0. The zero-order valence-corrected chi connectivity index (χ0v) is 14.0. The fraction of sp³-hybridized carbons (Fsp3) is 0.667. The lowest BCUT2D eigenvalue weighted by molar-refractivity contribution is -0.378. The van der Waals surface area contributed by atoms with Crippen LogP contribution in [0.4, 0.5) is 5.82 Å². The van der Waals surface area contributed by atoms with Crippen molar-refractivity contribution in [2.75, 3.05) is 18.0 Å². The highest BCUT2D eigenvalue weighted by Gasteiger charge is 2.35. The molecule has 4 nitrogen and oxygen atoms in total. The van der Waals surface area contributed by atoms with E-state index in [1.54, 1.807) is 0 Å². The van der Waals surface area contributed by atoms with E-state index in [-0.39, 0.29) is 5.60 Å². The second-order valence-corrected chi connectivity index (χ2v) is 7.02. The van der Waals surface area contributed by atoms with Gasteiger partial charge in [-0.25, -0.2) is 4.98 Å². The van der Waals surface area contributed by atoms with Gasteiger partial charge in [0.1, 0.15) is 17.3 Å². The molecule has 1 saturated heterocycles. The molecule has 4 heteroatoms. The summed E-state index contributed by atoms with van der Waals surface area (Å²) in [6.45, 7) is 9.09. The van der Waals surface area contributed by atoms with Crippen LogP contribution in [-0.4, -0.2) is 18.7 Å². The van der Waals surface area contributed by atoms with Gasteiger partial charge in [-0.3, -0.25) is 4.90 Å². The fourth-order valence-electron chi connectivity index (χ4n) is 3.65. The number of fused-ring (bicyclic) bond motifs is 1. The van der Waals surface area contributed by atoms with Crippen LogP contribution < -0.4 is 9.88 Å². The van der Waals surface area contributed by atoms with Gasteiger partial charge in [0.15, 0.2) is 0 Å². The van der Waals surface area contributed by atoms with Crippen molar-refractivity contribution in [1.29, 1.82) is 5.26 Å². The van der Waals surface area contributed by atoms with Crippen LogP contribution in [0.2, 0.25) is 0 Å². The number of nitrogens with zero attached hydrogens (tertiary/aromatic N) is 2. The summed E-state index contributed by atoms with van der Waals surface area (Å²) in [6, 6.07) is 2.48. The minimum atomic E-state index is -0.190. The lowest BCUT2D eigenvalue weighted by Crippen LogP contribution is -2.40. The molecule has 0 unspecified atom stereocenters. The first-order valence-electron chi connectivity index (χ1n) is 8.44. The molecule has 0 aromatic carbocycles. The summed E-state index contributed by atoms with van der Waals surface area (Å²) in [7, 11) is 0. The number of rotatable bonds is 2. The van der Waals surface area contributed by atoms with Gasteiger partial charge in [-0.2, -0.15) is 5.26 Å². The smallest absolute Gasteiger partial charge is 0.293 e. The first-order chi connectivity index (χ1) is 10.6. The maximum atomic E-state index is 9.80. The molecule has 1 aromatic rings. The summed E-state index contributed by atoms with van der Waals surface area (Å²) < 4.78 is 5.98. The minimum absolute atomic E-state index is 0.190. The number of H-pyrrole nitrogens is 1. The molecule has 22 heavy (non-hydrogen) atoms. The van der Waals surface area contributed by atoms with E-state index in [2.05, 4.69) is 36.7 Å². The molecule has 0 atom stereocenters. The molecule has 2 aliphatic rings. The molecular weight excluding hydrogens is 274 g/mol. The Bertz CT molecular complexity index is 610. The van der Waals surface area contributed by atoms with Crippen LogP contribution in [0.5, 0.6) is 0 Å². The molecule has 1 fully saturated rings. The number of aromatic nitrogens is 1. The maximum absolute atomic E-state index is 9.80. The number of ether oxygens (including phenoxy) is 1. The molecule has 0 saturated carbocycles. The van der Waals surface area contributed by atoms with Crippen molar-refractivity contribution in [2.45, 2.75) is 65.1 Å². The number of hydrogen-bond donors (Lipinski definition) is 0. The molecule has 118 valence electrons. The molecule has 0 spiro atoms. The Labute approximate surface area is 133 Å². The Hall–Kier alpha value is -1.60. The molecule has 3 rings (SSSR count). The monoisotopic (exact) mass is 300 g/mol. The first-order valence-corrected chi connectivity index (χ1v) is 8.44. The SMILES string of the molecule is CCc1[nH+]c(N2CCCCC2)c(C#N)c2c1COC(C)(C)C2. The van der Waals surface area contributed by atoms with Crippen LogP contribution in [0.1, 0.15) is 62.4 Å². The van der Waals surface area contributed by atoms with E-state index in [9.17, 15) is 5.26 Å². The van der Waals surface area contributed by atoms with E-state index in [1.165, 1.54) is 36.1 Å². The first kappa shape index (κ1) is 15.3. The molecule has 1 aromatic heterocycles. The molecule has 0 radical (unpaired) electrons. The van der Waals surface area contributed by atoms with Crippen molar-refractivity contribution in [3.63, 3.8) is 0 Å². The topological polar surface area (TPSA) is 50.4 Å². The van der Waals surface area contributed by atoms with Crippen LogP contribution in [0.3, 0.4) is 0 Å². The second kappa shape index (κ2) is 5.89. The van der Waals surface area contributed by atoms with Gasteiger partial charge >= 0.3 is 0 Å². The summed E-state index contributed by atoms with van der Waals surface area (Å²) >= 11 is 0. The van der Waals surface area contributed by atoms with Crippen molar-refractivity contribution >= 4 is 5.82 Å². The van der Waals surface area contributed by atoms with Gasteiger partial charge in [0.25, 0.3) is 5.82 Å². The second-order valence-electron chi connectivity index (χ2n) is 7.02. The number of aryl methyl sites for hydroxylation is 1. The van der Waals surface area contributed by atoms with E-state index in [1.807, 2.05) is 0 Å². The number of pyridine rings is 1. The number of aromatic amines is 1. The average molecular weight is 300 g/mol. The number of nitriles is 1. The molecule has 3 heterocycles. The summed E-state index contributed by atoms with van der Waals surface area (Å²) in [6.07, 6.45) is 5.48. The quantitative estimate of drug-likeness (QED) is 0.844. The summed E-state index contributed by atoms with van der Waals surface area (Å²) in [5.41, 5.74) is 4.29. The summed E-state index contributed by atoms with van der Waals surface area (Å²) in [5.74, 6) is 1.04. The number of anilines is 1. The Balaban J connectivity index is 2.13. The third-order valence-corrected chi connectivity index (χ3v) is 4.88. The third-order valence-electron chi connectivity index (χ3n) is 4.88. The standard InChI is InChI=1S/C18H25N3O/c1-4-16-15-12-22-18(2,3)10-13(15)14(11-19)17(20-16)21-8-6-5-7-9-21/h4-10,12H2,1-3H3/p+1. The third kappa shape index (κ3) is 2.70. The van der Waals surface area contributed by atoms with Gasteiger partial charge in [0, 0.05) is 18.4 Å². The average Bonchev–Trinajstić information content (AvgIpc) is 2.53. The summed E-state index contributed by atoms with van der Waals surface area (Å²) in [4.78, 5) is 5.93. The summed E-state index contributed by atoms with van der Waals surface area (Å²) in [5, 5.41) is 9.80. The largest absolute Gasteiger partial charge is 0.370 e. The van der Waals surface area contributed by atoms with Gasteiger partial charge in [-0.1, -0.05) is 6.92 Å². The van der Waals surface area contributed by atoms with Crippen molar-refractivity contribution in [3.05, 3.63) is 22.4 Å². The fourth-order valence-corrected chi connectivity index (χ4v) is 3.65. The van der Waals surface area contributed by atoms with Gasteiger partial charge in [-0.15, -0.1) is 0 Å². The van der Waals surface area contributed by atoms with Crippen LogP contribution in [0, 0.1) is 11.3 Å². The highest BCUT2D eigenvalue weighted by atomic mass is 16.5. The number of piperidine rings is 1. The molecule has 0 amide bonds. The zero-order chi connectivity index (χ0) is 15.7. The van der Waals surface area contributed by atoms with Crippen LogP contribution in [-0.2, 0) is 24.2 Å². The molecule has 0 bridgehead atoms. The highest BCUT2D eigenvalue weighted by Crippen LogP contribution is 2.34. The maximum Gasteiger partial charge on any atom is 0.293 e. The van der Waals surface area contributed by atoms with E-state index >= 15 is 0 Å². The lowest BCUT2D eigenvalue weighted by Gasteiger charge is -2.33. The van der Waals surface area contributed by atoms with Crippen LogP contribution in [0.15, 0.2) is 0 Å². The highest BCUT2D eigenvalue weighted by molar-refractivity contribution is 5.58. The van der Waals surface area contributed by atoms with Crippen LogP contribution >= 0.6 is 0 Å². The number of nitrogens with one attached hydrogen (secondary N) is 1. The molecule has 0 aliphatic carbocycles. The minimum Gasteiger partial charge on any atom is -0.370 e. The van der Waals surface area contributed by atoms with E-state index in [0.717, 1.165) is 37.3 Å². The van der Waals surface area contributed by atoms with E-state index in [0.29, 0.717) is 6.61 Å². The Morgan fingerprint density at radius 1 is 1.23 bits per heavy atom. The normalized spacial score (nSPS) is 20.4. The predicted octanol–water partition coefficient (Wildman–Crippen LogP) is 2.78. The van der Waals surface area contributed by atoms with Gasteiger partial charge < -0.3 is 4.74 Å². The van der Waals surface area contributed by atoms with Crippen molar-refractivity contribution < 1.29 is 9.72 Å². The Morgan fingerprint density at radius 2 is 1.95 bits per heavy atom. The van der Waals surface area contributed by atoms with E-state index < -0.39 is 0 Å². The van der Waals surface area contributed by atoms with Gasteiger partial charge in [0.05, 0.1) is 25.3 Å². The number of hydrogen-bond acceptors (Lipinski definition) is 3. The van der Waals surface area contributed by atoms with Crippen molar-refractivity contribution in [2.24, 2.45) is 0 Å². The predicted molar refractivity (Wildman–Crippen MR) is 85.7 cm³/mol. The van der Waals surface area contributed by atoms with Gasteiger partial charge in [-0.05, 0) is 38.7 Å². The Kier molecular flexibility index (Phi) is 4.10. The van der Waals surface area contributed by atoms with Crippen molar-refractivity contribution in [1.82, 2.24) is 0 Å². The molecular formula is C18H26N3O+. The van der Waals surface area contributed by atoms with Crippen molar-refractivity contribution in [3.8, 4) is 6.07 Å².